The summed E-state index contributed by atoms with van der Waals surface area (Å²) in [4.78, 5) is 9.99. The van der Waals surface area contributed by atoms with Gasteiger partial charge in [-0.1, -0.05) is 0 Å². The van der Waals surface area contributed by atoms with Crippen molar-refractivity contribution >= 4 is 11.6 Å². The summed E-state index contributed by atoms with van der Waals surface area (Å²) in [6.45, 7) is 3.39. The molecular weight excluding hydrogens is 362 g/mol. The van der Waals surface area contributed by atoms with Gasteiger partial charge in [-0.2, -0.15) is 13.2 Å². The molecule has 1 atom stereocenters. The second kappa shape index (κ2) is 8.33. The SMILES string of the molecule is NC(=NCC1CCN(CC(F)(F)F)C1)N1CCN(c2ccc(F)cc2)CC1. The summed E-state index contributed by atoms with van der Waals surface area (Å²) < 4.78 is 50.4. The number of hydrogen-bond donors (Lipinski definition) is 1. The lowest BCUT2D eigenvalue weighted by Gasteiger charge is -2.36. The largest absolute Gasteiger partial charge is 0.401 e. The lowest BCUT2D eigenvalue weighted by molar-refractivity contribution is -0.143. The number of nitrogens with two attached hydrogens (primary N) is 1. The molecule has 0 saturated carbocycles. The molecule has 1 aromatic rings. The number of halogens is 4. The summed E-state index contributed by atoms with van der Waals surface area (Å²) in [5.74, 6) is 0.309. The molecule has 0 aliphatic carbocycles. The van der Waals surface area contributed by atoms with Crippen molar-refractivity contribution in [1.29, 1.82) is 0 Å². The molecule has 2 saturated heterocycles. The molecule has 1 unspecified atom stereocenters. The average molecular weight is 387 g/mol. The van der Waals surface area contributed by atoms with Crippen molar-refractivity contribution in [1.82, 2.24) is 9.80 Å². The van der Waals surface area contributed by atoms with Crippen LogP contribution in [-0.4, -0.2) is 74.3 Å². The van der Waals surface area contributed by atoms with Crippen molar-refractivity contribution in [2.75, 3.05) is 57.3 Å². The highest BCUT2D eigenvalue weighted by Crippen LogP contribution is 2.23. The number of hydrogen-bond acceptors (Lipinski definition) is 3. The molecule has 0 amide bonds. The summed E-state index contributed by atoms with van der Waals surface area (Å²) in [6.07, 6.45) is -3.44. The topological polar surface area (TPSA) is 48.1 Å². The van der Waals surface area contributed by atoms with Crippen molar-refractivity contribution < 1.29 is 17.6 Å². The smallest absolute Gasteiger partial charge is 0.370 e. The molecular formula is C18H25F4N5. The summed E-state index contributed by atoms with van der Waals surface area (Å²) in [5.41, 5.74) is 7.06. The molecule has 2 fully saturated rings. The van der Waals surface area contributed by atoms with Gasteiger partial charge in [-0.05, 0) is 43.1 Å². The van der Waals surface area contributed by atoms with Gasteiger partial charge in [-0.3, -0.25) is 9.89 Å². The standard InChI is InChI=1S/C18H25F4N5/c19-15-1-3-16(4-2-15)26-7-9-27(10-8-26)17(23)24-11-14-5-6-25(12-14)13-18(20,21)22/h1-4,14H,5-13H2,(H2,23,24). The van der Waals surface area contributed by atoms with Gasteiger partial charge in [0.25, 0.3) is 0 Å². The van der Waals surface area contributed by atoms with Crippen LogP contribution in [0.4, 0.5) is 23.2 Å². The van der Waals surface area contributed by atoms with E-state index in [9.17, 15) is 17.6 Å². The maximum Gasteiger partial charge on any atom is 0.401 e. The van der Waals surface area contributed by atoms with E-state index in [-0.39, 0.29) is 11.7 Å². The normalized spacial score (nSPS) is 22.5. The van der Waals surface area contributed by atoms with Crippen molar-refractivity contribution in [3.8, 4) is 0 Å². The molecule has 2 heterocycles. The number of rotatable bonds is 4. The van der Waals surface area contributed by atoms with Crippen LogP contribution in [0.5, 0.6) is 0 Å². The highest BCUT2D eigenvalue weighted by molar-refractivity contribution is 5.78. The lowest BCUT2D eigenvalue weighted by Crippen LogP contribution is -2.51. The third-order valence-electron chi connectivity index (χ3n) is 5.08. The maximum atomic E-state index is 13.0. The van der Waals surface area contributed by atoms with Crippen LogP contribution in [0, 0.1) is 11.7 Å². The van der Waals surface area contributed by atoms with Gasteiger partial charge in [0.15, 0.2) is 5.96 Å². The van der Waals surface area contributed by atoms with E-state index in [1.165, 1.54) is 17.0 Å². The molecule has 1 aromatic carbocycles. The molecule has 2 N–H and O–H groups in total. The maximum absolute atomic E-state index is 13.0. The summed E-state index contributed by atoms with van der Waals surface area (Å²) in [5, 5.41) is 0. The van der Waals surface area contributed by atoms with Gasteiger partial charge in [0.2, 0.25) is 0 Å². The first-order valence-electron chi connectivity index (χ1n) is 9.14. The number of nitrogens with zero attached hydrogens (tertiary/aromatic N) is 4. The van der Waals surface area contributed by atoms with Crippen LogP contribution in [0.1, 0.15) is 6.42 Å². The Morgan fingerprint density at radius 3 is 2.37 bits per heavy atom. The van der Waals surface area contributed by atoms with E-state index in [0.717, 1.165) is 18.8 Å². The average Bonchev–Trinajstić information content (AvgIpc) is 3.06. The highest BCUT2D eigenvalue weighted by atomic mass is 19.4. The van der Waals surface area contributed by atoms with Crippen molar-refractivity contribution in [3.05, 3.63) is 30.1 Å². The number of likely N-dealkylation sites (tertiary alicyclic amines) is 1. The first-order chi connectivity index (χ1) is 12.8. The Hall–Kier alpha value is -2.03. The Morgan fingerprint density at radius 2 is 1.74 bits per heavy atom. The summed E-state index contributed by atoms with van der Waals surface area (Å²) in [6, 6.07) is 6.41. The predicted molar refractivity (Wildman–Crippen MR) is 97.3 cm³/mol. The van der Waals surface area contributed by atoms with Crippen LogP contribution < -0.4 is 10.6 Å². The minimum Gasteiger partial charge on any atom is -0.370 e. The Bertz CT molecular complexity index is 638. The fraction of sp³-hybridized carbons (Fsp3) is 0.611. The summed E-state index contributed by atoms with van der Waals surface area (Å²) >= 11 is 0. The molecule has 0 bridgehead atoms. The number of alkyl halides is 3. The number of benzene rings is 1. The zero-order chi connectivity index (χ0) is 19.4. The van der Waals surface area contributed by atoms with Gasteiger partial charge >= 0.3 is 6.18 Å². The van der Waals surface area contributed by atoms with E-state index >= 15 is 0 Å². The molecule has 5 nitrogen and oxygen atoms in total. The molecule has 0 aromatic heterocycles. The Balaban J connectivity index is 1.44. The molecule has 150 valence electrons. The van der Waals surface area contributed by atoms with Crippen LogP contribution in [0.3, 0.4) is 0 Å². The van der Waals surface area contributed by atoms with Crippen LogP contribution >= 0.6 is 0 Å². The third-order valence-corrected chi connectivity index (χ3v) is 5.08. The van der Waals surface area contributed by atoms with Crippen LogP contribution in [0.2, 0.25) is 0 Å². The molecule has 3 rings (SSSR count). The van der Waals surface area contributed by atoms with Crippen molar-refractivity contribution in [2.45, 2.75) is 12.6 Å². The van der Waals surface area contributed by atoms with E-state index in [0.29, 0.717) is 45.1 Å². The Labute approximate surface area is 156 Å². The first-order valence-corrected chi connectivity index (χ1v) is 9.14. The number of aliphatic imine (C=N–C) groups is 1. The molecule has 2 aliphatic rings. The molecule has 9 heteroatoms. The van der Waals surface area contributed by atoms with Crippen molar-refractivity contribution in [3.63, 3.8) is 0 Å². The lowest BCUT2D eigenvalue weighted by atomic mass is 10.1. The zero-order valence-electron chi connectivity index (χ0n) is 15.1. The van der Waals surface area contributed by atoms with E-state index in [1.54, 1.807) is 12.1 Å². The van der Waals surface area contributed by atoms with Gasteiger partial charge in [0, 0.05) is 45.0 Å². The van der Waals surface area contributed by atoms with Crippen LogP contribution in [-0.2, 0) is 0 Å². The number of guanidine groups is 1. The first kappa shape index (κ1) is 19.7. The fourth-order valence-electron chi connectivity index (χ4n) is 3.63. The van der Waals surface area contributed by atoms with E-state index in [2.05, 4.69) is 9.89 Å². The second-order valence-electron chi connectivity index (χ2n) is 7.15. The molecule has 2 aliphatic heterocycles. The molecule has 0 spiro atoms. The van der Waals surface area contributed by atoms with Crippen molar-refractivity contribution in [2.24, 2.45) is 16.6 Å². The Kier molecular flexibility index (Phi) is 6.08. The monoisotopic (exact) mass is 387 g/mol. The van der Waals surface area contributed by atoms with Crippen LogP contribution in [0.15, 0.2) is 29.3 Å². The van der Waals surface area contributed by atoms with Crippen LogP contribution in [0.25, 0.3) is 0 Å². The molecule has 0 radical (unpaired) electrons. The predicted octanol–water partition coefficient (Wildman–Crippen LogP) is 2.15. The van der Waals surface area contributed by atoms with Gasteiger partial charge in [0.1, 0.15) is 5.82 Å². The molecule has 27 heavy (non-hydrogen) atoms. The minimum absolute atomic E-state index is 0.117. The number of piperazine rings is 1. The minimum atomic E-state index is -4.15. The second-order valence-corrected chi connectivity index (χ2v) is 7.15. The van der Waals surface area contributed by atoms with Gasteiger partial charge in [-0.15, -0.1) is 0 Å². The van der Waals surface area contributed by atoms with E-state index in [4.69, 9.17) is 5.73 Å². The van der Waals surface area contributed by atoms with E-state index < -0.39 is 12.7 Å². The van der Waals surface area contributed by atoms with Gasteiger partial charge in [0.05, 0.1) is 6.54 Å². The quantitative estimate of drug-likeness (QED) is 0.489. The van der Waals surface area contributed by atoms with Gasteiger partial charge < -0.3 is 15.5 Å². The van der Waals surface area contributed by atoms with E-state index in [1.807, 2.05) is 4.90 Å². The van der Waals surface area contributed by atoms with Gasteiger partial charge in [-0.25, -0.2) is 4.39 Å². The zero-order valence-corrected chi connectivity index (χ0v) is 15.1. The summed E-state index contributed by atoms with van der Waals surface area (Å²) in [7, 11) is 0. The fourth-order valence-corrected chi connectivity index (χ4v) is 3.63. The third kappa shape index (κ3) is 5.72. The highest BCUT2D eigenvalue weighted by Gasteiger charge is 2.34. The number of anilines is 1. The Morgan fingerprint density at radius 1 is 1.07 bits per heavy atom.